The van der Waals surface area contributed by atoms with Crippen molar-refractivity contribution in [2.45, 2.75) is 51.7 Å². The van der Waals surface area contributed by atoms with Crippen LogP contribution in [-0.2, 0) is 19.5 Å². The second-order valence-corrected chi connectivity index (χ2v) is 8.18. The second-order valence-electron chi connectivity index (χ2n) is 7.40. The lowest BCUT2D eigenvalue weighted by atomic mass is 9.90. The van der Waals surface area contributed by atoms with Gasteiger partial charge < -0.3 is 4.57 Å². The topological polar surface area (TPSA) is 8.17 Å². The Balaban J connectivity index is 1.64. The van der Waals surface area contributed by atoms with Crippen LogP contribution in [0, 0.1) is 6.92 Å². The van der Waals surface area contributed by atoms with Crippen molar-refractivity contribution in [3.63, 3.8) is 0 Å². The van der Waals surface area contributed by atoms with E-state index in [1.807, 2.05) is 11.3 Å². The number of fused-ring (bicyclic) bond motifs is 3. The minimum Gasteiger partial charge on any atom is -0.343 e. The molecule has 1 atom stereocenters. The zero-order valence-corrected chi connectivity index (χ0v) is 15.1. The van der Waals surface area contributed by atoms with E-state index in [0.29, 0.717) is 6.04 Å². The predicted octanol–water partition coefficient (Wildman–Crippen LogP) is 5.29. The van der Waals surface area contributed by atoms with Gasteiger partial charge in [-0.25, -0.2) is 0 Å². The number of hydrogen-bond donors (Lipinski definition) is 0. The molecule has 0 spiro atoms. The Bertz CT molecular complexity index is 871. The first kappa shape index (κ1) is 14.7. The van der Waals surface area contributed by atoms with Gasteiger partial charge in [0.1, 0.15) is 0 Å². The van der Waals surface area contributed by atoms with E-state index in [0.717, 1.165) is 6.54 Å². The smallest absolute Gasteiger partial charge is 0.0507 e. The van der Waals surface area contributed by atoms with Crippen LogP contribution in [0.3, 0.4) is 0 Å². The molecule has 3 aromatic rings. The molecule has 0 radical (unpaired) electrons. The lowest BCUT2D eigenvalue weighted by molar-refractivity contribution is 0.174. The highest BCUT2D eigenvalue weighted by atomic mass is 32.1. The molecule has 2 aliphatic rings. The first-order valence-corrected chi connectivity index (χ1v) is 10.1. The molecule has 0 unspecified atom stereocenters. The Kier molecular flexibility index (Phi) is 3.53. The van der Waals surface area contributed by atoms with E-state index in [2.05, 4.69) is 51.4 Å². The third-order valence-corrected chi connectivity index (χ3v) is 6.55. The molecule has 0 bridgehead atoms. The van der Waals surface area contributed by atoms with Crippen LogP contribution < -0.4 is 0 Å². The van der Waals surface area contributed by atoms with Gasteiger partial charge in [-0.1, -0.05) is 11.6 Å². The highest BCUT2D eigenvalue weighted by molar-refractivity contribution is 7.07. The predicted molar refractivity (Wildman–Crippen MR) is 102 cm³/mol. The van der Waals surface area contributed by atoms with Crippen molar-refractivity contribution in [2.24, 2.45) is 0 Å². The fourth-order valence-corrected chi connectivity index (χ4v) is 5.46. The summed E-state index contributed by atoms with van der Waals surface area (Å²) in [6, 6.07) is 9.94. The number of hydrogen-bond acceptors (Lipinski definition) is 2. The number of thiophene rings is 1. The molecule has 2 aromatic heterocycles. The minimum atomic E-state index is 0.601. The monoisotopic (exact) mass is 336 g/mol. The van der Waals surface area contributed by atoms with E-state index in [9.17, 15) is 0 Å². The van der Waals surface area contributed by atoms with Crippen molar-refractivity contribution in [3.8, 4) is 0 Å². The van der Waals surface area contributed by atoms with Crippen LogP contribution in [0.5, 0.6) is 0 Å². The molecule has 0 saturated heterocycles. The van der Waals surface area contributed by atoms with Crippen LogP contribution in [0.25, 0.3) is 10.9 Å². The van der Waals surface area contributed by atoms with Gasteiger partial charge in [-0.05, 0) is 72.7 Å². The van der Waals surface area contributed by atoms with Gasteiger partial charge in [-0.2, -0.15) is 11.3 Å². The summed E-state index contributed by atoms with van der Waals surface area (Å²) >= 11 is 1.82. The van der Waals surface area contributed by atoms with Crippen LogP contribution >= 0.6 is 11.3 Å². The van der Waals surface area contributed by atoms with E-state index >= 15 is 0 Å². The summed E-state index contributed by atoms with van der Waals surface area (Å²) in [7, 11) is 0. The Morgan fingerprint density at radius 2 is 2.12 bits per heavy atom. The number of benzene rings is 1. The van der Waals surface area contributed by atoms with E-state index in [4.69, 9.17) is 0 Å². The molecule has 0 fully saturated rings. The van der Waals surface area contributed by atoms with Gasteiger partial charge in [0.05, 0.1) is 6.04 Å². The SMILES string of the molecule is Cc1ccc2c(c1)c1c3n2CCCN(Cc2ccsc2)[C@@H]3CCC1. The van der Waals surface area contributed by atoms with Gasteiger partial charge in [0.25, 0.3) is 0 Å². The summed E-state index contributed by atoms with van der Waals surface area (Å²) in [5, 5.41) is 6.04. The van der Waals surface area contributed by atoms with Gasteiger partial charge in [-0.15, -0.1) is 0 Å². The standard InChI is InChI=1S/C21H24N2S/c1-15-6-7-19-18(12-15)17-4-2-5-20-21(17)23(19)10-3-9-22(20)13-16-8-11-24-14-16/h6-8,11-12,14,20H,2-5,9-10,13H2,1H3/t20-/m1/s1. The first-order valence-electron chi connectivity index (χ1n) is 9.18. The lowest BCUT2D eigenvalue weighted by Gasteiger charge is -2.33. The largest absolute Gasteiger partial charge is 0.343 e. The Morgan fingerprint density at radius 1 is 1.17 bits per heavy atom. The Morgan fingerprint density at radius 3 is 3.00 bits per heavy atom. The molecule has 5 rings (SSSR count). The van der Waals surface area contributed by atoms with Gasteiger partial charge in [-0.3, -0.25) is 4.90 Å². The Hall–Kier alpha value is -1.58. The van der Waals surface area contributed by atoms with Gasteiger partial charge in [0.15, 0.2) is 0 Å². The van der Waals surface area contributed by atoms with Crippen molar-refractivity contribution < 1.29 is 0 Å². The molecule has 1 aromatic carbocycles. The molecular formula is C21H24N2S. The normalized spacial score (nSPS) is 21.0. The molecule has 1 aliphatic heterocycles. The maximum Gasteiger partial charge on any atom is 0.0507 e. The molecule has 0 saturated carbocycles. The first-order chi connectivity index (χ1) is 11.8. The molecule has 0 amide bonds. The van der Waals surface area contributed by atoms with E-state index in [1.165, 1.54) is 60.8 Å². The quantitative estimate of drug-likeness (QED) is 0.617. The molecule has 24 heavy (non-hydrogen) atoms. The van der Waals surface area contributed by atoms with Crippen molar-refractivity contribution in [3.05, 3.63) is 57.4 Å². The van der Waals surface area contributed by atoms with Gasteiger partial charge in [0.2, 0.25) is 0 Å². The summed E-state index contributed by atoms with van der Waals surface area (Å²) in [6.07, 6.45) is 5.15. The molecule has 0 N–H and O–H groups in total. The number of aromatic nitrogens is 1. The average molecular weight is 337 g/mol. The van der Waals surface area contributed by atoms with Crippen LogP contribution in [0.15, 0.2) is 35.0 Å². The van der Waals surface area contributed by atoms with Gasteiger partial charge >= 0.3 is 0 Å². The number of nitrogens with zero attached hydrogens (tertiary/aromatic N) is 2. The summed E-state index contributed by atoms with van der Waals surface area (Å²) in [6.45, 7) is 5.72. The fourth-order valence-electron chi connectivity index (χ4n) is 4.80. The molecule has 2 nitrogen and oxygen atoms in total. The summed E-state index contributed by atoms with van der Waals surface area (Å²) in [5.74, 6) is 0. The average Bonchev–Trinajstić information content (AvgIpc) is 3.15. The molecule has 3 heterocycles. The molecule has 124 valence electrons. The fraction of sp³-hybridized carbons (Fsp3) is 0.429. The highest BCUT2D eigenvalue weighted by Gasteiger charge is 2.33. The van der Waals surface area contributed by atoms with Crippen LogP contribution in [0.2, 0.25) is 0 Å². The zero-order chi connectivity index (χ0) is 16.1. The summed E-state index contributed by atoms with van der Waals surface area (Å²) in [5.41, 5.74) is 7.61. The third kappa shape index (κ3) is 2.26. The van der Waals surface area contributed by atoms with Crippen molar-refractivity contribution in [2.75, 3.05) is 6.54 Å². The molecule has 3 heteroatoms. The van der Waals surface area contributed by atoms with Crippen molar-refractivity contribution in [1.29, 1.82) is 0 Å². The van der Waals surface area contributed by atoms with E-state index in [-0.39, 0.29) is 0 Å². The van der Waals surface area contributed by atoms with Crippen LogP contribution in [0.4, 0.5) is 0 Å². The highest BCUT2D eigenvalue weighted by Crippen LogP contribution is 2.42. The lowest BCUT2D eigenvalue weighted by Crippen LogP contribution is -2.30. The summed E-state index contributed by atoms with van der Waals surface area (Å²) in [4.78, 5) is 2.75. The maximum absolute atomic E-state index is 2.75. The minimum absolute atomic E-state index is 0.601. The maximum atomic E-state index is 2.75. The molecular weight excluding hydrogens is 312 g/mol. The number of aryl methyl sites for hydroxylation is 3. The van der Waals surface area contributed by atoms with Crippen molar-refractivity contribution in [1.82, 2.24) is 9.47 Å². The van der Waals surface area contributed by atoms with E-state index in [1.54, 1.807) is 11.3 Å². The van der Waals surface area contributed by atoms with Crippen LogP contribution in [-0.4, -0.2) is 16.0 Å². The van der Waals surface area contributed by atoms with Crippen molar-refractivity contribution >= 4 is 22.2 Å². The van der Waals surface area contributed by atoms with Gasteiger partial charge in [0, 0.05) is 36.2 Å². The van der Waals surface area contributed by atoms with E-state index < -0.39 is 0 Å². The molecule has 1 aliphatic carbocycles. The van der Waals surface area contributed by atoms with Crippen LogP contribution in [0.1, 0.15) is 47.7 Å². The Labute approximate surface area is 147 Å². The second kappa shape index (κ2) is 5.75. The zero-order valence-electron chi connectivity index (χ0n) is 14.3. The summed E-state index contributed by atoms with van der Waals surface area (Å²) < 4.78 is 2.65. The third-order valence-electron chi connectivity index (χ3n) is 5.82. The number of rotatable bonds is 2.